The van der Waals surface area contributed by atoms with Gasteiger partial charge in [-0.05, 0) is 36.5 Å². The minimum absolute atomic E-state index is 0.115. The Balaban J connectivity index is 1.45. The van der Waals surface area contributed by atoms with Crippen molar-refractivity contribution in [3.05, 3.63) is 66.0 Å². The minimum Gasteiger partial charge on any atom is -0.345 e. The van der Waals surface area contributed by atoms with Crippen molar-refractivity contribution in [2.45, 2.75) is 30.8 Å². The highest BCUT2D eigenvalue weighted by molar-refractivity contribution is 5.79. The fourth-order valence-corrected chi connectivity index (χ4v) is 4.10. The Labute approximate surface area is 154 Å². The van der Waals surface area contributed by atoms with Gasteiger partial charge in [-0.2, -0.15) is 0 Å². The number of benzene rings is 1. The van der Waals surface area contributed by atoms with E-state index < -0.39 is 0 Å². The van der Waals surface area contributed by atoms with Crippen LogP contribution in [0.5, 0.6) is 0 Å². The second-order valence-electron chi connectivity index (χ2n) is 7.33. The number of pyridine rings is 1. The second kappa shape index (κ2) is 7.56. The summed E-state index contributed by atoms with van der Waals surface area (Å²) >= 11 is 0. The molecule has 1 atom stereocenters. The molecule has 1 saturated heterocycles. The van der Waals surface area contributed by atoms with Crippen molar-refractivity contribution in [2.24, 2.45) is 0 Å². The first-order valence-electron chi connectivity index (χ1n) is 9.48. The molecule has 5 heteroatoms. The van der Waals surface area contributed by atoms with E-state index in [1.807, 2.05) is 18.3 Å². The molecule has 2 fully saturated rings. The van der Waals surface area contributed by atoms with Crippen LogP contribution in [0.3, 0.4) is 0 Å². The largest absolute Gasteiger partial charge is 0.345 e. The van der Waals surface area contributed by atoms with Crippen molar-refractivity contribution in [1.82, 2.24) is 20.5 Å². The lowest BCUT2D eigenvalue weighted by molar-refractivity contribution is -0.126. The molecule has 136 valence electrons. The smallest absolute Gasteiger partial charge is 0.234 e. The van der Waals surface area contributed by atoms with Crippen LogP contribution < -0.4 is 10.6 Å². The number of hydrogen-bond donors (Lipinski definition) is 2. The maximum absolute atomic E-state index is 12.9. The van der Waals surface area contributed by atoms with Gasteiger partial charge in [0.25, 0.3) is 0 Å². The summed E-state index contributed by atoms with van der Waals surface area (Å²) in [7, 11) is 0. The quantitative estimate of drug-likeness (QED) is 0.868. The Morgan fingerprint density at radius 2 is 2.08 bits per heavy atom. The summed E-state index contributed by atoms with van der Waals surface area (Å²) < 4.78 is 0. The van der Waals surface area contributed by atoms with Crippen LogP contribution in [0.2, 0.25) is 0 Å². The highest BCUT2D eigenvalue weighted by Gasteiger charge is 2.40. The zero-order valence-electron chi connectivity index (χ0n) is 15.0. The number of aromatic nitrogens is 1. The summed E-state index contributed by atoms with van der Waals surface area (Å²) in [5.74, 6) is 0.115. The molecular formula is C21H26N4O. The Bertz CT molecular complexity index is 730. The van der Waals surface area contributed by atoms with Crippen LogP contribution in [-0.2, 0) is 10.3 Å². The van der Waals surface area contributed by atoms with Crippen LogP contribution in [0.15, 0.2) is 54.9 Å². The first kappa shape index (κ1) is 17.2. The predicted octanol–water partition coefficient (Wildman–Crippen LogP) is 2.22. The van der Waals surface area contributed by atoms with Crippen LogP contribution in [0.1, 0.15) is 36.4 Å². The summed E-state index contributed by atoms with van der Waals surface area (Å²) in [6.07, 6.45) is 6.91. The van der Waals surface area contributed by atoms with E-state index in [-0.39, 0.29) is 17.5 Å². The van der Waals surface area contributed by atoms with Crippen LogP contribution in [-0.4, -0.2) is 42.0 Å². The van der Waals surface area contributed by atoms with Gasteiger partial charge in [-0.1, -0.05) is 36.4 Å². The van der Waals surface area contributed by atoms with Crippen LogP contribution in [0.25, 0.3) is 0 Å². The van der Waals surface area contributed by atoms with Gasteiger partial charge >= 0.3 is 0 Å². The molecule has 1 unspecified atom stereocenters. The van der Waals surface area contributed by atoms with E-state index in [4.69, 9.17) is 0 Å². The predicted molar refractivity (Wildman–Crippen MR) is 102 cm³/mol. The first-order chi connectivity index (χ1) is 12.8. The van der Waals surface area contributed by atoms with Gasteiger partial charge in [0.15, 0.2) is 0 Å². The average Bonchev–Trinajstić information content (AvgIpc) is 2.66. The number of carbonyl (C=O) groups excluding carboxylic acids is 1. The van der Waals surface area contributed by atoms with E-state index in [1.54, 1.807) is 6.20 Å². The van der Waals surface area contributed by atoms with Gasteiger partial charge < -0.3 is 10.6 Å². The van der Waals surface area contributed by atoms with E-state index in [0.717, 1.165) is 38.0 Å². The first-order valence-corrected chi connectivity index (χ1v) is 9.48. The maximum atomic E-state index is 12.9. The third-order valence-electron chi connectivity index (χ3n) is 5.68. The number of piperazine rings is 1. The van der Waals surface area contributed by atoms with Gasteiger partial charge in [-0.25, -0.2) is 0 Å². The molecule has 1 aromatic carbocycles. The normalized spacial score (nSPS) is 22.4. The van der Waals surface area contributed by atoms with E-state index in [2.05, 4.69) is 50.8 Å². The van der Waals surface area contributed by atoms with Gasteiger partial charge in [0.05, 0.1) is 12.1 Å². The third-order valence-corrected chi connectivity index (χ3v) is 5.68. The second-order valence-corrected chi connectivity index (χ2v) is 7.33. The van der Waals surface area contributed by atoms with Gasteiger partial charge in [-0.3, -0.25) is 14.7 Å². The fourth-order valence-electron chi connectivity index (χ4n) is 4.10. The molecule has 2 aliphatic rings. The lowest BCUT2D eigenvalue weighted by Crippen LogP contribution is -2.55. The Morgan fingerprint density at radius 1 is 1.23 bits per heavy atom. The van der Waals surface area contributed by atoms with Crippen molar-refractivity contribution in [3.63, 3.8) is 0 Å². The average molecular weight is 350 g/mol. The van der Waals surface area contributed by atoms with E-state index >= 15 is 0 Å². The van der Waals surface area contributed by atoms with Crippen LogP contribution in [0.4, 0.5) is 0 Å². The topological polar surface area (TPSA) is 57.3 Å². The summed E-state index contributed by atoms with van der Waals surface area (Å²) in [6.45, 7) is 3.05. The molecule has 1 amide bonds. The molecule has 1 saturated carbocycles. The van der Waals surface area contributed by atoms with Crippen LogP contribution >= 0.6 is 0 Å². The molecule has 4 rings (SSSR count). The molecule has 0 bridgehead atoms. The molecule has 2 heterocycles. The summed E-state index contributed by atoms with van der Waals surface area (Å²) in [4.78, 5) is 19.4. The Hall–Kier alpha value is -2.24. The number of carbonyl (C=O) groups is 1. The van der Waals surface area contributed by atoms with Crippen LogP contribution in [0, 0.1) is 0 Å². The summed E-state index contributed by atoms with van der Waals surface area (Å²) in [5, 5.41) is 6.78. The molecular weight excluding hydrogens is 324 g/mol. The Morgan fingerprint density at radius 3 is 2.77 bits per heavy atom. The highest BCUT2D eigenvalue weighted by Crippen LogP contribution is 2.41. The molecule has 5 nitrogen and oxygen atoms in total. The van der Waals surface area contributed by atoms with E-state index in [0.29, 0.717) is 6.54 Å². The molecule has 1 aliphatic heterocycles. The highest BCUT2D eigenvalue weighted by atomic mass is 16.2. The van der Waals surface area contributed by atoms with E-state index in [9.17, 15) is 4.79 Å². The summed E-state index contributed by atoms with van der Waals surface area (Å²) in [6, 6.07) is 14.6. The van der Waals surface area contributed by atoms with Crippen molar-refractivity contribution < 1.29 is 4.79 Å². The van der Waals surface area contributed by atoms with Crippen molar-refractivity contribution >= 4 is 5.91 Å². The van der Waals surface area contributed by atoms with Gasteiger partial charge in [0.1, 0.15) is 0 Å². The van der Waals surface area contributed by atoms with Crippen molar-refractivity contribution in [3.8, 4) is 0 Å². The number of amides is 1. The number of nitrogens with zero attached hydrogens (tertiary/aromatic N) is 2. The molecule has 2 N–H and O–H groups in total. The Kier molecular flexibility index (Phi) is 5.00. The lowest BCUT2D eigenvalue weighted by atomic mass is 9.72. The molecule has 1 aromatic heterocycles. The third kappa shape index (κ3) is 3.50. The maximum Gasteiger partial charge on any atom is 0.234 e. The molecule has 0 radical (unpaired) electrons. The standard InChI is InChI=1S/C21H26N4O/c26-20(24-21(9-5-10-21)18-7-2-1-3-8-18)16-25-13-12-23-15-19(25)17-6-4-11-22-14-17/h1-4,6-8,11,14,19,23H,5,9-10,12-13,15-16H2,(H,24,26). The van der Waals surface area contributed by atoms with Crippen molar-refractivity contribution in [1.29, 1.82) is 0 Å². The number of nitrogens with one attached hydrogen (secondary N) is 2. The monoisotopic (exact) mass is 350 g/mol. The molecule has 26 heavy (non-hydrogen) atoms. The van der Waals surface area contributed by atoms with Gasteiger partial charge in [0.2, 0.25) is 5.91 Å². The lowest BCUT2D eigenvalue weighted by Gasteiger charge is -2.44. The fraction of sp³-hybridized carbons (Fsp3) is 0.429. The zero-order chi connectivity index (χ0) is 17.8. The number of rotatable bonds is 5. The van der Waals surface area contributed by atoms with Gasteiger partial charge in [-0.15, -0.1) is 0 Å². The van der Waals surface area contributed by atoms with E-state index in [1.165, 1.54) is 12.0 Å². The molecule has 2 aromatic rings. The molecule has 0 spiro atoms. The minimum atomic E-state index is -0.170. The SMILES string of the molecule is O=C(CN1CCNCC1c1cccnc1)NC1(c2ccccc2)CCC1. The van der Waals surface area contributed by atoms with Gasteiger partial charge in [0, 0.05) is 38.1 Å². The molecule has 1 aliphatic carbocycles. The summed E-state index contributed by atoms with van der Waals surface area (Å²) in [5.41, 5.74) is 2.22. The number of hydrogen-bond acceptors (Lipinski definition) is 4. The van der Waals surface area contributed by atoms with Crippen molar-refractivity contribution in [2.75, 3.05) is 26.2 Å². The zero-order valence-corrected chi connectivity index (χ0v) is 15.0.